The molecule has 0 bridgehead atoms. The Hall–Kier alpha value is -2.82. The number of amides is 2. The number of nitrogens with one attached hydrogen (secondary N) is 1. The third kappa shape index (κ3) is 4.83. The van der Waals surface area contributed by atoms with Crippen LogP contribution in [0.5, 0.6) is 5.75 Å². The molecule has 5 nitrogen and oxygen atoms in total. The summed E-state index contributed by atoms with van der Waals surface area (Å²) in [5.74, 6) is 0.633. The molecule has 0 aliphatic carbocycles. The number of carbonyl (C=O) groups excluding carboxylic acids is 2. The fourth-order valence-electron chi connectivity index (χ4n) is 2.63. The Balaban J connectivity index is 2.06. The molecule has 0 spiro atoms. The molecule has 0 fully saturated rings. The number of para-hydroxylation sites is 1. The smallest absolute Gasteiger partial charge is 0.253 e. The molecule has 132 valence electrons. The Morgan fingerprint density at radius 1 is 1.12 bits per heavy atom. The van der Waals surface area contributed by atoms with Gasteiger partial charge in [-0.25, -0.2) is 0 Å². The van der Waals surface area contributed by atoms with Crippen molar-refractivity contribution in [3.8, 4) is 5.75 Å². The lowest BCUT2D eigenvalue weighted by atomic mass is 10.0. The first-order chi connectivity index (χ1) is 11.9. The van der Waals surface area contributed by atoms with E-state index in [4.69, 9.17) is 4.74 Å². The maximum absolute atomic E-state index is 12.7. The van der Waals surface area contributed by atoms with Crippen molar-refractivity contribution in [1.82, 2.24) is 4.90 Å². The predicted molar refractivity (Wildman–Crippen MR) is 99.0 cm³/mol. The maximum atomic E-state index is 12.7. The largest absolute Gasteiger partial charge is 0.496 e. The van der Waals surface area contributed by atoms with Gasteiger partial charge in [0.15, 0.2) is 0 Å². The van der Waals surface area contributed by atoms with Gasteiger partial charge in [-0.1, -0.05) is 18.2 Å². The number of rotatable bonds is 6. The second-order valence-corrected chi connectivity index (χ2v) is 6.04. The number of likely N-dealkylation sites (N-methyl/N-ethyl adjacent to an activating group) is 1. The number of nitrogens with zero attached hydrogens (tertiary/aromatic N) is 1. The van der Waals surface area contributed by atoms with Gasteiger partial charge in [0.05, 0.1) is 7.11 Å². The van der Waals surface area contributed by atoms with E-state index in [1.165, 1.54) is 6.92 Å². The number of ether oxygens (including phenoxy) is 1. The molecule has 0 radical (unpaired) electrons. The first-order valence-corrected chi connectivity index (χ1v) is 8.19. The highest BCUT2D eigenvalue weighted by Crippen LogP contribution is 2.21. The molecule has 0 heterocycles. The SMILES string of the molecule is COc1ccccc1C[C@H](C)N(C)C(=O)c1ccc(NC(C)=O)cc1. The topological polar surface area (TPSA) is 58.6 Å². The number of hydrogen-bond donors (Lipinski definition) is 1. The first-order valence-electron chi connectivity index (χ1n) is 8.19. The lowest BCUT2D eigenvalue weighted by Gasteiger charge is -2.26. The number of carbonyl (C=O) groups is 2. The van der Waals surface area contributed by atoms with Crippen LogP contribution < -0.4 is 10.1 Å². The van der Waals surface area contributed by atoms with Crippen LogP contribution in [0.1, 0.15) is 29.8 Å². The molecule has 0 saturated carbocycles. The summed E-state index contributed by atoms with van der Waals surface area (Å²) in [6, 6.07) is 14.7. The van der Waals surface area contributed by atoms with Gasteiger partial charge < -0.3 is 15.0 Å². The normalized spacial score (nSPS) is 11.5. The van der Waals surface area contributed by atoms with Gasteiger partial charge in [0.25, 0.3) is 5.91 Å². The average Bonchev–Trinajstić information content (AvgIpc) is 2.61. The van der Waals surface area contributed by atoms with Crippen molar-refractivity contribution < 1.29 is 14.3 Å². The van der Waals surface area contributed by atoms with Gasteiger partial charge in [0, 0.05) is 31.3 Å². The molecule has 1 atom stereocenters. The van der Waals surface area contributed by atoms with Gasteiger partial charge in [-0.05, 0) is 49.2 Å². The Morgan fingerprint density at radius 2 is 1.76 bits per heavy atom. The molecule has 0 aliphatic heterocycles. The van der Waals surface area contributed by atoms with Crippen molar-refractivity contribution in [3.63, 3.8) is 0 Å². The van der Waals surface area contributed by atoms with Crippen LogP contribution in [0, 0.1) is 0 Å². The highest BCUT2D eigenvalue weighted by molar-refractivity contribution is 5.95. The zero-order valence-electron chi connectivity index (χ0n) is 15.1. The van der Waals surface area contributed by atoms with Crippen LogP contribution in [-0.2, 0) is 11.2 Å². The van der Waals surface area contributed by atoms with E-state index in [1.807, 2.05) is 31.2 Å². The summed E-state index contributed by atoms with van der Waals surface area (Å²) in [5, 5.41) is 2.69. The fourth-order valence-corrected chi connectivity index (χ4v) is 2.63. The molecular weight excluding hydrogens is 316 g/mol. The maximum Gasteiger partial charge on any atom is 0.253 e. The fraction of sp³-hybridized carbons (Fsp3) is 0.300. The van der Waals surface area contributed by atoms with Crippen molar-refractivity contribution >= 4 is 17.5 Å². The van der Waals surface area contributed by atoms with Gasteiger partial charge >= 0.3 is 0 Å². The van der Waals surface area contributed by atoms with E-state index in [0.29, 0.717) is 17.7 Å². The van der Waals surface area contributed by atoms with E-state index in [-0.39, 0.29) is 17.9 Å². The zero-order valence-corrected chi connectivity index (χ0v) is 15.1. The number of benzene rings is 2. The molecule has 2 rings (SSSR count). The third-order valence-corrected chi connectivity index (χ3v) is 4.14. The van der Waals surface area contributed by atoms with Crippen LogP contribution in [0.3, 0.4) is 0 Å². The molecule has 5 heteroatoms. The Bertz CT molecular complexity index is 741. The predicted octanol–water partition coefficient (Wildman–Crippen LogP) is 3.36. The summed E-state index contributed by atoms with van der Waals surface area (Å²) in [6.45, 7) is 3.46. The van der Waals surface area contributed by atoms with Gasteiger partial charge in [0.2, 0.25) is 5.91 Å². The second-order valence-electron chi connectivity index (χ2n) is 6.04. The molecule has 1 N–H and O–H groups in total. The second kappa shape index (κ2) is 8.33. The standard InChI is InChI=1S/C20H24N2O3/c1-14(13-17-7-5-6-8-19(17)25-4)22(3)20(24)16-9-11-18(12-10-16)21-15(2)23/h5-12,14H,13H2,1-4H3,(H,21,23)/t14-/m0/s1. The van der Waals surface area contributed by atoms with Crippen molar-refractivity contribution in [2.24, 2.45) is 0 Å². The molecule has 0 aliphatic rings. The molecular formula is C20H24N2O3. The van der Waals surface area contributed by atoms with E-state index in [0.717, 1.165) is 11.3 Å². The number of methoxy groups -OCH3 is 1. The Kier molecular flexibility index (Phi) is 6.17. The Morgan fingerprint density at radius 3 is 2.36 bits per heavy atom. The Labute approximate surface area is 148 Å². The highest BCUT2D eigenvalue weighted by Gasteiger charge is 2.19. The molecule has 0 unspecified atom stereocenters. The summed E-state index contributed by atoms with van der Waals surface area (Å²) in [6.07, 6.45) is 0.705. The number of anilines is 1. The molecule has 2 aromatic rings. The van der Waals surface area contributed by atoms with Crippen molar-refractivity contribution in [1.29, 1.82) is 0 Å². The summed E-state index contributed by atoms with van der Waals surface area (Å²) in [4.78, 5) is 25.5. The van der Waals surface area contributed by atoms with Crippen LogP contribution in [-0.4, -0.2) is 36.9 Å². The average molecular weight is 340 g/mol. The van der Waals surface area contributed by atoms with E-state index in [9.17, 15) is 9.59 Å². The van der Waals surface area contributed by atoms with Gasteiger partial charge in [-0.3, -0.25) is 9.59 Å². The highest BCUT2D eigenvalue weighted by atomic mass is 16.5. The van der Waals surface area contributed by atoms with Crippen LogP contribution in [0.15, 0.2) is 48.5 Å². The van der Waals surface area contributed by atoms with Gasteiger partial charge in [-0.15, -0.1) is 0 Å². The molecule has 2 amide bonds. The van der Waals surface area contributed by atoms with Gasteiger partial charge in [-0.2, -0.15) is 0 Å². The minimum absolute atomic E-state index is 0.0128. The third-order valence-electron chi connectivity index (χ3n) is 4.14. The van der Waals surface area contributed by atoms with Gasteiger partial charge in [0.1, 0.15) is 5.75 Å². The molecule has 0 saturated heterocycles. The van der Waals surface area contributed by atoms with E-state index >= 15 is 0 Å². The van der Waals surface area contributed by atoms with Crippen molar-refractivity contribution in [3.05, 3.63) is 59.7 Å². The lowest BCUT2D eigenvalue weighted by molar-refractivity contribution is -0.114. The van der Waals surface area contributed by atoms with Crippen LogP contribution in [0.2, 0.25) is 0 Å². The van der Waals surface area contributed by atoms with E-state index in [1.54, 1.807) is 43.3 Å². The minimum atomic E-state index is -0.137. The van der Waals surface area contributed by atoms with Crippen LogP contribution in [0.4, 0.5) is 5.69 Å². The molecule has 0 aromatic heterocycles. The van der Waals surface area contributed by atoms with E-state index < -0.39 is 0 Å². The zero-order chi connectivity index (χ0) is 18.4. The number of hydrogen-bond acceptors (Lipinski definition) is 3. The lowest BCUT2D eigenvalue weighted by Crippen LogP contribution is -2.36. The summed E-state index contributed by atoms with van der Waals surface area (Å²) in [7, 11) is 3.44. The molecule has 25 heavy (non-hydrogen) atoms. The first kappa shape index (κ1) is 18.5. The minimum Gasteiger partial charge on any atom is -0.496 e. The summed E-state index contributed by atoms with van der Waals surface area (Å²) in [5.41, 5.74) is 2.33. The van der Waals surface area contributed by atoms with Crippen molar-refractivity contribution in [2.75, 3.05) is 19.5 Å². The van der Waals surface area contributed by atoms with Crippen molar-refractivity contribution in [2.45, 2.75) is 26.3 Å². The summed E-state index contributed by atoms with van der Waals surface area (Å²) >= 11 is 0. The van der Waals surface area contributed by atoms with E-state index in [2.05, 4.69) is 5.32 Å². The quantitative estimate of drug-likeness (QED) is 0.877. The van der Waals surface area contributed by atoms with Crippen LogP contribution >= 0.6 is 0 Å². The summed E-state index contributed by atoms with van der Waals surface area (Å²) < 4.78 is 5.38. The monoisotopic (exact) mass is 340 g/mol. The molecule has 2 aromatic carbocycles. The van der Waals surface area contributed by atoms with Crippen LogP contribution in [0.25, 0.3) is 0 Å².